The van der Waals surface area contributed by atoms with Crippen LogP contribution in [-0.4, -0.2) is 60.9 Å². The fraction of sp³-hybridized carbons (Fsp3) is 0.375. The molecule has 0 radical (unpaired) electrons. The molecule has 23 heavy (non-hydrogen) atoms. The number of hydrogen-bond donors (Lipinski definition) is 1. The first-order chi connectivity index (χ1) is 11.2. The van der Waals surface area contributed by atoms with Crippen LogP contribution in [0.4, 0.5) is 0 Å². The Hall–Kier alpha value is -1.70. The lowest BCUT2D eigenvalue weighted by Crippen LogP contribution is -2.50. The number of nitrogens with one attached hydrogen (secondary N) is 1. The minimum atomic E-state index is -0.00808. The average molecular weight is 349 g/mol. The van der Waals surface area contributed by atoms with E-state index >= 15 is 0 Å². The Labute approximate surface area is 143 Å². The van der Waals surface area contributed by atoms with Crippen LogP contribution in [0.15, 0.2) is 34.3 Å². The van der Waals surface area contributed by atoms with Gasteiger partial charge in [-0.05, 0) is 22.9 Å². The number of amides is 2. The third-order valence-electron chi connectivity index (χ3n) is 3.89. The van der Waals surface area contributed by atoms with Gasteiger partial charge in [-0.25, -0.2) is 0 Å². The first-order valence-corrected chi connectivity index (χ1v) is 9.42. The van der Waals surface area contributed by atoms with Crippen molar-refractivity contribution in [1.29, 1.82) is 0 Å². The van der Waals surface area contributed by atoms with Crippen LogP contribution in [0.3, 0.4) is 0 Å². The highest BCUT2D eigenvalue weighted by molar-refractivity contribution is 7.12. The van der Waals surface area contributed by atoms with Crippen LogP contribution in [0.25, 0.3) is 0 Å². The van der Waals surface area contributed by atoms with Crippen molar-refractivity contribution in [2.45, 2.75) is 0 Å². The van der Waals surface area contributed by atoms with E-state index in [1.54, 1.807) is 11.3 Å². The molecule has 0 bridgehead atoms. The molecule has 122 valence electrons. The van der Waals surface area contributed by atoms with E-state index in [4.69, 9.17) is 0 Å². The summed E-state index contributed by atoms with van der Waals surface area (Å²) in [4.78, 5) is 29.0. The van der Waals surface area contributed by atoms with Gasteiger partial charge in [0.05, 0.1) is 10.4 Å². The molecule has 3 rings (SSSR count). The quantitative estimate of drug-likeness (QED) is 0.898. The number of nitrogens with zero attached hydrogens (tertiary/aromatic N) is 2. The summed E-state index contributed by atoms with van der Waals surface area (Å²) in [7, 11) is 0. The van der Waals surface area contributed by atoms with Gasteiger partial charge in [-0.2, -0.15) is 11.3 Å². The van der Waals surface area contributed by atoms with E-state index in [-0.39, 0.29) is 11.8 Å². The van der Waals surface area contributed by atoms with Gasteiger partial charge in [0.2, 0.25) is 0 Å². The van der Waals surface area contributed by atoms with Crippen LogP contribution in [0.1, 0.15) is 20.0 Å². The van der Waals surface area contributed by atoms with Gasteiger partial charge < -0.3 is 10.2 Å². The van der Waals surface area contributed by atoms with Crippen molar-refractivity contribution in [3.05, 3.63) is 44.8 Å². The van der Waals surface area contributed by atoms with Gasteiger partial charge in [0.1, 0.15) is 0 Å². The molecule has 0 saturated carbocycles. The summed E-state index contributed by atoms with van der Waals surface area (Å²) < 4.78 is 0. The monoisotopic (exact) mass is 349 g/mol. The summed E-state index contributed by atoms with van der Waals surface area (Å²) >= 11 is 3.00. The highest BCUT2D eigenvalue weighted by Gasteiger charge is 2.22. The number of rotatable bonds is 5. The van der Waals surface area contributed by atoms with E-state index in [2.05, 4.69) is 10.2 Å². The van der Waals surface area contributed by atoms with E-state index in [9.17, 15) is 9.59 Å². The Kier molecular flexibility index (Phi) is 5.43. The largest absolute Gasteiger partial charge is 0.350 e. The summed E-state index contributed by atoms with van der Waals surface area (Å²) in [5.74, 6) is 0.114. The standard InChI is InChI=1S/C16H19N3O2S2/c20-15(14-2-1-10-23-14)17-4-5-18-6-8-19(9-7-18)16(21)13-3-11-22-12-13/h1-3,10-12H,4-9H2,(H,17,20). The molecule has 0 aromatic carbocycles. The minimum Gasteiger partial charge on any atom is -0.350 e. The Balaban J connectivity index is 1.38. The maximum atomic E-state index is 12.3. The van der Waals surface area contributed by atoms with E-state index in [0.29, 0.717) is 6.54 Å². The summed E-state index contributed by atoms with van der Waals surface area (Å²) in [6.45, 7) is 4.64. The van der Waals surface area contributed by atoms with E-state index in [0.717, 1.165) is 43.2 Å². The second kappa shape index (κ2) is 7.72. The Morgan fingerprint density at radius 1 is 1.13 bits per heavy atom. The second-order valence-electron chi connectivity index (χ2n) is 5.38. The summed E-state index contributed by atoms with van der Waals surface area (Å²) in [6, 6.07) is 5.58. The molecule has 2 amide bonds. The lowest BCUT2D eigenvalue weighted by Gasteiger charge is -2.34. The predicted molar refractivity (Wildman–Crippen MR) is 93.3 cm³/mol. The van der Waals surface area contributed by atoms with Gasteiger partial charge in [-0.3, -0.25) is 14.5 Å². The van der Waals surface area contributed by atoms with Crippen LogP contribution in [0.2, 0.25) is 0 Å². The SMILES string of the molecule is O=C(NCCN1CCN(C(=O)c2ccsc2)CC1)c1cccs1. The molecule has 5 nitrogen and oxygen atoms in total. The van der Waals surface area contributed by atoms with Crippen LogP contribution in [0.5, 0.6) is 0 Å². The zero-order valence-electron chi connectivity index (χ0n) is 12.7. The minimum absolute atomic E-state index is 0.00808. The van der Waals surface area contributed by atoms with Crippen molar-refractivity contribution >= 4 is 34.5 Å². The van der Waals surface area contributed by atoms with Crippen molar-refractivity contribution in [2.75, 3.05) is 39.3 Å². The first-order valence-electron chi connectivity index (χ1n) is 7.59. The zero-order chi connectivity index (χ0) is 16.1. The van der Waals surface area contributed by atoms with E-state index < -0.39 is 0 Å². The molecular weight excluding hydrogens is 330 g/mol. The zero-order valence-corrected chi connectivity index (χ0v) is 14.4. The molecule has 1 N–H and O–H groups in total. The van der Waals surface area contributed by atoms with Crippen molar-refractivity contribution in [1.82, 2.24) is 15.1 Å². The Bertz CT molecular complexity index is 630. The second-order valence-corrected chi connectivity index (χ2v) is 7.11. The smallest absolute Gasteiger partial charge is 0.261 e. The maximum Gasteiger partial charge on any atom is 0.261 e. The molecule has 1 saturated heterocycles. The van der Waals surface area contributed by atoms with Crippen molar-refractivity contribution in [2.24, 2.45) is 0 Å². The van der Waals surface area contributed by atoms with Gasteiger partial charge >= 0.3 is 0 Å². The maximum absolute atomic E-state index is 12.3. The highest BCUT2D eigenvalue weighted by Crippen LogP contribution is 2.12. The van der Waals surface area contributed by atoms with Crippen LogP contribution in [0, 0.1) is 0 Å². The van der Waals surface area contributed by atoms with Gasteiger partial charge in [0, 0.05) is 44.6 Å². The third kappa shape index (κ3) is 4.19. The van der Waals surface area contributed by atoms with E-state index in [1.165, 1.54) is 11.3 Å². The van der Waals surface area contributed by atoms with Gasteiger partial charge in [0.15, 0.2) is 0 Å². The molecular formula is C16H19N3O2S2. The topological polar surface area (TPSA) is 52.7 Å². The molecule has 1 aliphatic heterocycles. The average Bonchev–Trinajstić information content (AvgIpc) is 3.28. The molecule has 0 unspecified atom stereocenters. The molecule has 0 aliphatic carbocycles. The molecule has 0 spiro atoms. The summed E-state index contributed by atoms with van der Waals surface area (Å²) in [5, 5.41) is 8.67. The van der Waals surface area contributed by atoms with Crippen LogP contribution < -0.4 is 5.32 Å². The predicted octanol–water partition coefficient (Wildman–Crippen LogP) is 2.00. The number of carbonyl (C=O) groups excluding carboxylic acids is 2. The number of piperazine rings is 1. The molecule has 3 heterocycles. The number of thiophene rings is 2. The molecule has 1 fully saturated rings. The normalized spacial score (nSPS) is 15.6. The Morgan fingerprint density at radius 2 is 1.96 bits per heavy atom. The third-order valence-corrected chi connectivity index (χ3v) is 5.44. The first kappa shape index (κ1) is 16.2. The lowest BCUT2D eigenvalue weighted by molar-refractivity contribution is 0.0638. The highest BCUT2D eigenvalue weighted by atomic mass is 32.1. The van der Waals surface area contributed by atoms with Crippen molar-refractivity contribution in [3.63, 3.8) is 0 Å². The fourth-order valence-electron chi connectivity index (χ4n) is 2.57. The molecule has 7 heteroatoms. The van der Waals surface area contributed by atoms with Gasteiger partial charge in [-0.15, -0.1) is 11.3 Å². The lowest BCUT2D eigenvalue weighted by atomic mass is 10.2. The Morgan fingerprint density at radius 3 is 2.61 bits per heavy atom. The number of carbonyl (C=O) groups is 2. The van der Waals surface area contributed by atoms with Crippen molar-refractivity contribution in [3.8, 4) is 0 Å². The number of hydrogen-bond acceptors (Lipinski definition) is 5. The van der Waals surface area contributed by atoms with Crippen LogP contribution in [-0.2, 0) is 0 Å². The van der Waals surface area contributed by atoms with Crippen LogP contribution >= 0.6 is 22.7 Å². The molecule has 1 aliphatic rings. The molecule has 0 atom stereocenters. The van der Waals surface area contributed by atoms with Crippen molar-refractivity contribution < 1.29 is 9.59 Å². The molecule has 2 aromatic heterocycles. The van der Waals surface area contributed by atoms with E-state index in [1.807, 2.05) is 39.2 Å². The summed E-state index contributed by atoms with van der Waals surface area (Å²) in [6.07, 6.45) is 0. The summed E-state index contributed by atoms with van der Waals surface area (Å²) in [5.41, 5.74) is 0.784. The fourth-order valence-corrected chi connectivity index (χ4v) is 3.84. The van der Waals surface area contributed by atoms with Gasteiger partial charge in [-0.1, -0.05) is 6.07 Å². The van der Waals surface area contributed by atoms with Gasteiger partial charge in [0.25, 0.3) is 11.8 Å². The molecule has 2 aromatic rings.